The van der Waals surface area contributed by atoms with Crippen LogP contribution in [0.4, 0.5) is 0 Å². The molecule has 0 unspecified atom stereocenters. The fraction of sp³-hybridized carbons (Fsp3) is 0.238. The van der Waals surface area contributed by atoms with Crippen LogP contribution in [0, 0.1) is 6.92 Å². The molecule has 0 radical (unpaired) electrons. The lowest BCUT2D eigenvalue weighted by Crippen LogP contribution is -2.21. The third-order valence-corrected chi connectivity index (χ3v) is 4.11. The molecule has 5 nitrogen and oxygen atoms in total. The van der Waals surface area contributed by atoms with Crippen LogP contribution in [0.15, 0.2) is 53.3 Å². The summed E-state index contributed by atoms with van der Waals surface area (Å²) in [5.41, 5.74) is 4.36. The van der Waals surface area contributed by atoms with E-state index in [9.17, 15) is 4.79 Å². The number of hydrogen-bond acceptors (Lipinski definition) is 4. The van der Waals surface area contributed by atoms with Crippen molar-refractivity contribution in [2.45, 2.75) is 27.3 Å². The van der Waals surface area contributed by atoms with E-state index in [1.165, 1.54) is 0 Å². The van der Waals surface area contributed by atoms with Crippen LogP contribution in [0.1, 0.15) is 30.7 Å². The number of carbonyl (C=O) groups excluding carboxylic acids is 1. The molecule has 1 aromatic carbocycles. The molecule has 134 valence electrons. The van der Waals surface area contributed by atoms with Gasteiger partial charge in [-0.05, 0) is 50.1 Å². The van der Waals surface area contributed by atoms with E-state index in [4.69, 9.17) is 9.15 Å². The number of benzene rings is 1. The van der Waals surface area contributed by atoms with Gasteiger partial charge in [0, 0.05) is 29.3 Å². The Morgan fingerprint density at radius 3 is 2.92 bits per heavy atom. The van der Waals surface area contributed by atoms with E-state index in [1.54, 1.807) is 18.5 Å². The Balaban J connectivity index is 1.83. The Morgan fingerprint density at radius 2 is 2.19 bits per heavy atom. The van der Waals surface area contributed by atoms with Crippen LogP contribution < -0.4 is 10.1 Å². The minimum absolute atomic E-state index is 0.167. The average molecular weight is 350 g/mol. The average Bonchev–Trinajstić information content (AvgIpc) is 3.00. The molecule has 0 aliphatic heterocycles. The largest absolute Gasteiger partial charge is 0.493 e. The van der Waals surface area contributed by atoms with E-state index < -0.39 is 0 Å². The zero-order valence-electron chi connectivity index (χ0n) is 15.2. The summed E-state index contributed by atoms with van der Waals surface area (Å²) >= 11 is 0. The number of amides is 1. The van der Waals surface area contributed by atoms with Crippen molar-refractivity contribution < 1.29 is 13.9 Å². The van der Waals surface area contributed by atoms with Gasteiger partial charge in [-0.2, -0.15) is 0 Å². The fourth-order valence-electron chi connectivity index (χ4n) is 2.77. The zero-order chi connectivity index (χ0) is 18.5. The first-order valence-corrected chi connectivity index (χ1v) is 8.59. The Hall–Kier alpha value is -3.08. The zero-order valence-corrected chi connectivity index (χ0v) is 15.2. The third-order valence-electron chi connectivity index (χ3n) is 4.11. The first-order chi connectivity index (χ1) is 12.6. The number of rotatable bonds is 6. The molecule has 0 aliphatic rings. The van der Waals surface area contributed by atoms with Gasteiger partial charge in [0.15, 0.2) is 0 Å². The van der Waals surface area contributed by atoms with Gasteiger partial charge in [-0.25, -0.2) is 0 Å². The molecule has 26 heavy (non-hydrogen) atoms. The van der Waals surface area contributed by atoms with Crippen molar-refractivity contribution in [1.82, 2.24) is 10.3 Å². The molecule has 0 saturated carbocycles. The van der Waals surface area contributed by atoms with E-state index >= 15 is 0 Å². The number of pyridine rings is 1. The standard InChI is InChI=1S/C21H22N2O3/c1-4-25-19-11-20-18(15(3)13-26-20)10-17(19)14(2)9-21(24)23-12-16-7-5-6-8-22-16/h5-11,13H,4,12H2,1-3H3,(H,23,24)/b14-9+. The number of fused-ring (bicyclic) bond motifs is 1. The topological polar surface area (TPSA) is 64.4 Å². The lowest BCUT2D eigenvalue weighted by atomic mass is 10.0. The van der Waals surface area contributed by atoms with Gasteiger partial charge in [-0.15, -0.1) is 0 Å². The van der Waals surface area contributed by atoms with Crippen molar-refractivity contribution in [3.05, 3.63) is 65.7 Å². The lowest BCUT2D eigenvalue weighted by molar-refractivity contribution is -0.116. The number of aromatic nitrogens is 1. The lowest BCUT2D eigenvalue weighted by Gasteiger charge is -2.11. The maximum atomic E-state index is 12.3. The highest BCUT2D eigenvalue weighted by Gasteiger charge is 2.12. The third kappa shape index (κ3) is 3.94. The molecule has 0 saturated heterocycles. The van der Waals surface area contributed by atoms with E-state index in [2.05, 4.69) is 10.3 Å². The van der Waals surface area contributed by atoms with Crippen LogP contribution in [0.5, 0.6) is 5.75 Å². The van der Waals surface area contributed by atoms with Crippen molar-refractivity contribution in [2.75, 3.05) is 6.61 Å². The van der Waals surface area contributed by atoms with Crippen LogP contribution in [0.3, 0.4) is 0 Å². The van der Waals surface area contributed by atoms with Crippen LogP contribution >= 0.6 is 0 Å². The number of hydrogen-bond donors (Lipinski definition) is 1. The molecule has 2 aromatic heterocycles. The highest BCUT2D eigenvalue weighted by molar-refractivity contribution is 5.97. The molecule has 3 rings (SSSR count). The summed E-state index contributed by atoms with van der Waals surface area (Å²) in [4.78, 5) is 16.5. The molecule has 0 fully saturated rings. The summed E-state index contributed by atoms with van der Waals surface area (Å²) in [6, 6.07) is 9.51. The highest BCUT2D eigenvalue weighted by Crippen LogP contribution is 2.33. The first-order valence-electron chi connectivity index (χ1n) is 8.59. The Kier molecular flexibility index (Phi) is 5.37. The normalized spacial score (nSPS) is 11.6. The summed E-state index contributed by atoms with van der Waals surface area (Å²) in [5.74, 6) is 0.542. The Labute approximate surface area is 152 Å². The second-order valence-electron chi connectivity index (χ2n) is 6.06. The molecule has 1 amide bonds. The molecule has 3 aromatic rings. The number of aryl methyl sites for hydroxylation is 1. The van der Waals surface area contributed by atoms with Gasteiger partial charge in [0.2, 0.25) is 5.91 Å². The maximum Gasteiger partial charge on any atom is 0.244 e. The predicted octanol–water partition coefficient (Wildman–Crippen LogP) is 4.25. The summed E-state index contributed by atoms with van der Waals surface area (Å²) in [6.07, 6.45) is 5.02. The van der Waals surface area contributed by atoms with Gasteiger partial charge in [-0.1, -0.05) is 6.07 Å². The summed E-state index contributed by atoms with van der Waals surface area (Å²) in [5, 5.41) is 3.88. The molecular weight excluding hydrogens is 328 g/mol. The Bertz CT molecular complexity index is 943. The minimum atomic E-state index is -0.167. The predicted molar refractivity (Wildman–Crippen MR) is 102 cm³/mol. The maximum absolute atomic E-state index is 12.3. The van der Waals surface area contributed by atoms with Crippen molar-refractivity contribution >= 4 is 22.4 Å². The van der Waals surface area contributed by atoms with E-state index in [0.717, 1.165) is 33.4 Å². The molecule has 0 bridgehead atoms. The van der Waals surface area contributed by atoms with Crippen molar-refractivity contribution in [3.63, 3.8) is 0 Å². The summed E-state index contributed by atoms with van der Waals surface area (Å²) < 4.78 is 11.3. The molecule has 0 aliphatic carbocycles. The van der Waals surface area contributed by atoms with Gasteiger partial charge >= 0.3 is 0 Å². The van der Waals surface area contributed by atoms with Crippen molar-refractivity contribution in [3.8, 4) is 5.75 Å². The minimum Gasteiger partial charge on any atom is -0.493 e. The second kappa shape index (κ2) is 7.87. The number of carbonyl (C=O) groups is 1. The molecule has 1 N–H and O–H groups in total. The number of furan rings is 1. The first kappa shape index (κ1) is 17.7. The van der Waals surface area contributed by atoms with Gasteiger partial charge in [0.25, 0.3) is 0 Å². The fourth-order valence-corrected chi connectivity index (χ4v) is 2.77. The van der Waals surface area contributed by atoms with Crippen molar-refractivity contribution in [1.29, 1.82) is 0 Å². The molecule has 0 spiro atoms. The van der Waals surface area contributed by atoms with Crippen LogP contribution in [-0.4, -0.2) is 17.5 Å². The molecule has 0 atom stereocenters. The van der Waals surface area contributed by atoms with Crippen LogP contribution in [0.2, 0.25) is 0 Å². The van der Waals surface area contributed by atoms with Gasteiger partial charge in [0.1, 0.15) is 11.3 Å². The smallest absolute Gasteiger partial charge is 0.244 e. The number of ether oxygens (including phenoxy) is 1. The van der Waals surface area contributed by atoms with Gasteiger partial charge in [0.05, 0.1) is 25.1 Å². The van der Waals surface area contributed by atoms with Crippen LogP contribution in [0.25, 0.3) is 16.5 Å². The highest BCUT2D eigenvalue weighted by atomic mass is 16.5. The monoisotopic (exact) mass is 350 g/mol. The molecule has 2 heterocycles. The second-order valence-corrected chi connectivity index (χ2v) is 6.06. The Morgan fingerprint density at radius 1 is 1.35 bits per heavy atom. The van der Waals surface area contributed by atoms with Gasteiger partial charge < -0.3 is 14.5 Å². The van der Waals surface area contributed by atoms with Crippen molar-refractivity contribution in [2.24, 2.45) is 0 Å². The number of nitrogens with zero attached hydrogens (tertiary/aromatic N) is 1. The molecule has 5 heteroatoms. The van der Waals surface area contributed by atoms with Gasteiger partial charge in [-0.3, -0.25) is 9.78 Å². The summed E-state index contributed by atoms with van der Waals surface area (Å²) in [6.45, 7) is 6.76. The quantitative estimate of drug-likeness (QED) is 0.675. The van der Waals surface area contributed by atoms with Crippen LogP contribution in [-0.2, 0) is 11.3 Å². The molecular formula is C21H22N2O3. The SMILES string of the molecule is CCOc1cc2occ(C)c2cc1/C(C)=C/C(=O)NCc1ccccn1. The summed E-state index contributed by atoms with van der Waals surface area (Å²) in [7, 11) is 0. The number of nitrogens with one attached hydrogen (secondary N) is 1. The van der Waals surface area contributed by atoms with E-state index in [1.807, 2.05) is 51.1 Å². The van der Waals surface area contributed by atoms with E-state index in [-0.39, 0.29) is 5.91 Å². The van der Waals surface area contributed by atoms with E-state index in [0.29, 0.717) is 18.9 Å². The number of allylic oxidation sites excluding steroid dienone is 1.